The third-order valence-electron chi connectivity index (χ3n) is 5.73. The maximum atomic E-state index is 13.1. The standard InChI is InChI=1S/C22H28N4O4S/c1-17-7-8-18(16-20(17)31(28,29)26-12-14-30-15-13-26)22(27)24-19-6-5-9-23-21(19)25-10-3-2-4-11-25/h5-9,16H,2-4,10-15H2,1H3,(H,24,27). The van der Waals surface area contributed by atoms with Crippen LogP contribution in [0.1, 0.15) is 35.2 Å². The van der Waals surface area contributed by atoms with Crippen LogP contribution >= 0.6 is 0 Å². The lowest BCUT2D eigenvalue weighted by atomic mass is 10.1. The topological polar surface area (TPSA) is 91.8 Å². The molecule has 1 aromatic carbocycles. The number of hydrogen-bond donors (Lipinski definition) is 1. The van der Waals surface area contributed by atoms with E-state index in [0.717, 1.165) is 31.7 Å². The Morgan fingerprint density at radius 3 is 2.55 bits per heavy atom. The van der Waals surface area contributed by atoms with Gasteiger partial charge in [-0.2, -0.15) is 4.31 Å². The summed E-state index contributed by atoms with van der Waals surface area (Å²) >= 11 is 0. The number of ether oxygens (including phenoxy) is 1. The number of morpholine rings is 1. The van der Waals surface area contributed by atoms with E-state index in [-0.39, 0.29) is 10.8 Å². The van der Waals surface area contributed by atoms with E-state index in [1.165, 1.54) is 16.8 Å². The van der Waals surface area contributed by atoms with Gasteiger partial charge in [0.1, 0.15) is 0 Å². The maximum Gasteiger partial charge on any atom is 0.255 e. The van der Waals surface area contributed by atoms with Gasteiger partial charge >= 0.3 is 0 Å². The number of benzene rings is 1. The number of pyridine rings is 1. The van der Waals surface area contributed by atoms with Crippen molar-refractivity contribution < 1.29 is 17.9 Å². The van der Waals surface area contributed by atoms with Crippen LogP contribution in [0.5, 0.6) is 0 Å². The Hall–Kier alpha value is -2.49. The van der Waals surface area contributed by atoms with E-state index in [4.69, 9.17) is 4.74 Å². The van der Waals surface area contributed by atoms with E-state index < -0.39 is 10.0 Å². The van der Waals surface area contributed by atoms with Crippen LogP contribution in [0, 0.1) is 6.92 Å². The van der Waals surface area contributed by atoms with Crippen LogP contribution in [0.25, 0.3) is 0 Å². The van der Waals surface area contributed by atoms with Gasteiger partial charge in [-0.25, -0.2) is 13.4 Å². The highest BCUT2D eigenvalue weighted by Crippen LogP contribution is 2.27. The molecule has 2 aromatic rings. The van der Waals surface area contributed by atoms with Gasteiger partial charge < -0.3 is 15.0 Å². The highest BCUT2D eigenvalue weighted by molar-refractivity contribution is 7.89. The number of anilines is 2. The van der Waals surface area contributed by atoms with Gasteiger partial charge in [0.15, 0.2) is 5.82 Å². The first-order chi connectivity index (χ1) is 15.0. The van der Waals surface area contributed by atoms with Crippen LogP contribution in [-0.4, -0.2) is 63.0 Å². The lowest BCUT2D eigenvalue weighted by molar-refractivity contribution is 0.0730. The van der Waals surface area contributed by atoms with Gasteiger partial charge in [-0.05, 0) is 56.0 Å². The molecule has 0 aliphatic carbocycles. The van der Waals surface area contributed by atoms with Crippen molar-refractivity contribution in [2.75, 3.05) is 49.6 Å². The summed E-state index contributed by atoms with van der Waals surface area (Å²) in [5.41, 5.74) is 1.54. The molecule has 8 nitrogen and oxygen atoms in total. The summed E-state index contributed by atoms with van der Waals surface area (Å²) in [4.78, 5) is 19.8. The summed E-state index contributed by atoms with van der Waals surface area (Å²) in [6, 6.07) is 8.41. The minimum atomic E-state index is -3.69. The third kappa shape index (κ3) is 4.73. The second-order valence-corrected chi connectivity index (χ2v) is 9.78. The molecule has 0 atom stereocenters. The number of carbonyl (C=O) groups is 1. The molecule has 2 aliphatic heterocycles. The van der Waals surface area contributed by atoms with Gasteiger partial charge in [0.25, 0.3) is 5.91 Å². The molecule has 0 saturated carbocycles. The first kappa shape index (κ1) is 21.7. The summed E-state index contributed by atoms with van der Waals surface area (Å²) < 4.78 is 32.9. The number of nitrogens with zero attached hydrogens (tertiary/aromatic N) is 3. The Morgan fingerprint density at radius 1 is 1.06 bits per heavy atom. The average molecular weight is 445 g/mol. The summed E-state index contributed by atoms with van der Waals surface area (Å²) in [6.45, 7) is 4.93. The Bertz CT molecular complexity index is 1050. The van der Waals surface area contributed by atoms with Crippen LogP contribution in [0.4, 0.5) is 11.5 Å². The molecular weight excluding hydrogens is 416 g/mol. The highest BCUT2D eigenvalue weighted by Gasteiger charge is 2.28. The van der Waals surface area contributed by atoms with Crippen LogP contribution in [-0.2, 0) is 14.8 Å². The summed E-state index contributed by atoms with van der Waals surface area (Å²) in [5, 5.41) is 2.93. The van der Waals surface area contributed by atoms with Gasteiger partial charge in [-0.3, -0.25) is 4.79 Å². The molecule has 0 spiro atoms. The minimum Gasteiger partial charge on any atom is -0.379 e. The fraction of sp³-hybridized carbons (Fsp3) is 0.455. The van der Waals surface area contributed by atoms with Crippen molar-refractivity contribution in [3.8, 4) is 0 Å². The predicted octanol–water partition coefficient (Wildman–Crippen LogP) is 2.65. The molecular formula is C22H28N4O4S. The van der Waals surface area contributed by atoms with E-state index in [2.05, 4.69) is 15.2 Å². The van der Waals surface area contributed by atoms with E-state index in [1.807, 2.05) is 6.07 Å². The van der Waals surface area contributed by atoms with Gasteiger partial charge in [0.2, 0.25) is 10.0 Å². The molecule has 0 radical (unpaired) electrons. The van der Waals surface area contributed by atoms with Crippen LogP contribution in [0.2, 0.25) is 0 Å². The molecule has 0 unspecified atom stereocenters. The Kier molecular flexibility index (Phi) is 6.54. The second-order valence-electron chi connectivity index (χ2n) is 7.87. The lowest BCUT2D eigenvalue weighted by Gasteiger charge is -2.29. The molecule has 3 heterocycles. The smallest absolute Gasteiger partial charge is 0.255 e. The fourth-order valence-electron chi connectivity index (χ4n) is 3.99. The normalized spacial score (nSPS) is 18.0. The van der Waals surface area contributed by atoms with Crippen LogP contribution in [0.3, 0.4) is 0 Å². The molecule has 1 N–H and O–H groups in total. The number of sulfonamides is 1. The SMILES string of the molecule is Cc1ccc(C(=O)Nc2cccnc2N2CCCCC2)cc1S(=O)(=O)N1CCOCC1. The van der Waals surface area contributed by atoms with E-state index in [0.29, 0.717) is 43.1 Å². The van der Waals surface area contributed by atoms with Crippen molar-refractivity contribution in [2.45, 2.75) is 31.1 Å². The molecule has 2 fully saturated rings. The first-order valence-corrected chi connectivity index (χ1v) is 12.1. The Balaban J connectivity index is 1.58. The quantitative estimate of drug-likeness (QED) is 0.762. The zero-order valence-electron chi connectivity index (χ0n) is 17.7. The van der Waals surface area contributed by atoms with Crippen molar-refractivity contribution in [1.29, 1.82) is 0 Å². The zero-order chi connectivity index (χ0) is 21.8. The van der Waals surface area contributed by atoms with Crippen molar-refractivity contribution in [3.05, 3.63) is 47.7 Å². The van der Waals surface area contributed by atoms with Gasteiger partial charge in [0, 0.05) is 37.9 Å². The number of rotatable bonds is 5. The predicted molar refractivity (Wildman–Crippen MR) is 119 cm³/mol. The van der Waals surface area contributed by atoms with Crippen molar-refractivity contribution in [1.82, 2.24) is 9.29 Å². The Labute approximate surface area is 183 Å². The molecule has 31 heavy (non-hydrogen) atoms. The summed E-state index contributed by atoms with van der Waals surface area (Å²) in [7, 11) is -3.69. The van der Waals surface area contributed by atoms with Crippen molar-refractivity contribution >= 4 is 27.4 Å². The monoisotopic (exact) mass is 444 g/mol. The van der Waals surface area contributed by atoms with E-state index in [9.17, 15) is 13.2 Å². The molecule has 1 amide bonds. The summed E-state index contributed by atoms with van der Waals surface area (Å²) in [6.07, 6.45) is 5.13. The average Bonchev–Trinajstić information content (AvgIpc) is 2.80. The maximum absolute atomic E-state index is 13.1. The molecule has 1 aromatic heterocycles. The number of amides is 1. The Morgan fingerprint density at radius 2 is 1.81 bits per heavy atom. The molecule has 4 rings (SSSR count). The van der Waals surface area contributed by atoms with Crippen molar-refractivity contribution in [3.63, 3.8) is 0 Å². The molecule has 0 bridgehead atoms. The first-order valence-electron chi connectivity index (χ1n) is 10.7. The van der Waals surface area contributed by atoms with Gasteiger partial charge in [-0.1, -0.05) is 6.07 Å². The number of nitrogens with one attached hydrogen (secondary N) is 1. The van der Waals surface area contributed by atoms with E-state index >= 15 is 0 Å². The second kappa shape index (κ2) is 9.33. The fourth-order valence-corrected chi connectivity index (χ4v) is 5.65. The number of aryl methyl sites for hydroxylation is 1. The summed E-state index contributed by atoms with van der Waals surface area (Å²) in [5.74, 6) is 0.397. The van der Waals surface area contributed by atoms with Crippen LogP contribution in [0.15, 0.2) is 41.4 Å². The highest BCUT2D eigenvalue weighted by atomic mass is 32.2. The number of carbonyl (C=O) groups excluding carboxylic acids is 1. The number of aromatic nitrogens is 1. The van der Waals surface area contributed by atoms with Crippen molar-refractivity contribution in [2.24, 2.45) is 0 Å². The largest absolute Gasteiger partial charge is 0.379 e. The number of piperidine rings is 1. The number of hydrogen-bond acceptors (Lipinski definition) is 6. The molecule has 166 valence electrons. The molecule has 9 heteroatoms. The van der Waals surface area contributed by atoms with E-state index in [1.54, 1.807) is 31.3 Å². The zero-order valence-corrected chi connectivity index (χ0v) is 18.5. The lowest BCUT2D eigenvalue weighted by Crippen LogP contribution is -2.40. The minimum absolute atomic E-state index is 0.157. The molecule has 2 saturated heterocycles. The van der Waals surface area contributed by atoms with Crippen LogP contribution < -0.4 is 10.2 Å². The molecule has 2 aliphatic rings. The van der Waals surface area contributed by atoms with Gasteiger partial charge in [-0.15, -0.1) is 0 Å². The third-order valence-corrected chi connectivity index (χ3v) is 7.77. The van der Waals surface area contributed by atoms with Gasteiger partial charge in [0.05, 0.1) is 23.8 Å².